The van der Waals surface area contributed by atoms with Crippen LogP contribution < -0.4 is 15.6 Å². The summed E-state index contributed by atoms with van der Waals surface area (Å²) in [4.78, 5) is 32.6. The van der Waals surface area contributed by atoms with Crippen molar-refractivity contribution in [2.45, 2.75) is 19.9 Å². The Bertz CT molecular complexity index is 1240. The number of amides is 1. The first kappa shape index (κ1) is 17.8. The van der Waals surface area contributed by atoms with Gasteiger partial charge in [-0.3, -0.25) is 14.2 Å². The second-order valence-electron chi connectivity index (χ2n) is 6.67. The number of aryl methyl sites for hydroxylation is 2. The minimum Gasteiger partial charge on any atom is -0.497 e. The van der Waals surface area contributed by atoms with Crippen molar-refractivity contribution in [3.05, 3.63) is 64.7 Å². The van der Waals surface area contributed by atoms with E-state index < -0.39 is 0 Å². The number of ether oxygens (including phenoxy) is 1. The fourth-order valence-corrected chi connectivity index (χ4v) is 3.21. The monoisotopic (exact) mass is 376 g/mol. The van der Waals surface area contributed by atoms with E-state index in [0.717, 1.165) is 16.5 Å². The number of anilines is 1. The van der Waals surface area contributed by atoms with Crippen LogP contribution in [0.4, 0.5) is 5.69 Å². The van der Waals surface area contributed by atoms with Gasteiger partial charge in [-0.25, -0.2) is 4.98 Å². The highest BCUT2D eigenvalue weighted by Gasteiger charge is 2.12. The summed E-state index contributed by atoms with van der Waals surface area (Å²) in [6.07, 6.45) is 1.66. The molecule has 0 spiro atoms. The Labute approximate surface area is 161 Å². The summed E-state index contributed by atoms with van der Waals surface area (Å²) >= 11 is 0. The Morgan fingerprint density at radius 1 is 1.25 bits per heavy atom. The molecule has 2 aromatic heterocycles. The van der Waals surface area contributed by atoms with E-state index in [0.29, 0.717) is 22.5 Å². The highest BCUT2D eigenvalue weighted by atomic mass is 16.5. The summed E-state index contributed by atoms with van der Waals surface area (Å²) < 4.78 is 6.60. The number of aromatic nitrogens is 3. The molecular weight excluding hydrogens is 356 g/mol. The molecule has 4 rings (SSSR count). The van der Waals surface area contributed by atoms with Gasteiger partial charge in [-0.1, -0.05) is 17.7 Å². The third kappa shape index (κ3) is 3.34. The van der Waals surface area contributed by atoms with Crippen molar-refractivity contribution in [2.75, 3.05) is 12.4 Å². The molecule has 0 aliphatic heterocycles. The second kappa shape index (κ2) is 7.19. The smallest absolute Gasteiger partial charge is 0.277 e. The molecule has 2 N–H and O–H groups in total. The summed E-state index contributed by atoms with van der Waals surface area (Å²) in [6, 6.07) is 13.1. The average Bonchev–Trinajstić information content (AvgIpc) is 3.06. The molecule has 0 radical (unpaired) electrons. The van der Waals surface area contributed by atoms with Gasteiger partial charge >= 0.3 is 0 Å². The number of methoxy groups -OCH3 is 1. The van der Waals surface area contributed by atoms with Crippen molar-refractivity contribution in [1.29, 1.82) is 0 Å². The Kier molecular flexibility index (Phi) is 4.57. The number of aromatic amines is 1. The van der Waals surface area contributed by atoms with Gasteiger partial charge in [0.2, 0.25) is 5.91 Å². The molecule has 28 heavy (non-hydrogen) atoms. The Morgan fingerprint density at radius 3 is 2.93 bits per heavy atom. The molecule has 0 atom stereocenters. The van der Waals surface area contributed by atoms with Crippen LogP contribution in [0.25, 0.3) is 21.9 Å². The van der Waals surface area contributed by atoms with Gasteiger partial charge < -0.3 is 15.0 Å². The zero-order chi connectivity index (χ0) is 19.7. The predicted octanol–water partition coefficient (Wildman–Crippen LogP) is 3.22. The van der Waals surface area contributed by atoms with Crippen molar-refractivity contribution in [2.24, 2.45) is 0 Å². The number of rotatable bonds is 5. The number of nitrogens with zero attached hydrogens (tertiary/aromatic N) is 2. The van der Waals surface area contributed by atoms with E-state index in [2.05, 4.69) is 15.3 Å². The first-order valence-corrected chi connectivity index (χ1v) is 8.96. The van der Waals surface area contributed by atoms with Gasteiger partial charge in [-0.2, -0.15) is 0 Å². The highest BCUT2D eigenvalue weighted by molar-refractivity contribution is 6.04. The molecule has 1 amide bonds. The van der Waals surface area contributed by atoms with E-state index in [-0.39, 0.29) is 24.4 Å². The number of carbonyl (C=O) groups is 1. The molecule has 7 heteroatoms. The van der Waals surface area contributed by atoms with Crippen molar-refractivity contribution in [3.63, 3.8) is 0 Å². The van der Waals surface area contributed by atoms with Crippen LogP contribution in [-0.2, 0) is 11.3 Å². The Hall–Kier alpha value is -3.61. The summed E-state index contributed by atoms with van der Waals surface area (Å²) in [7, 11) is 1.57. The molecule has 0 bridgehead atoms. The molecule has 2 heterocycles. The van der Waals surface area contributed by atoms with Crippen LogP contribution in [-0.4, -0.2) is 27.6 Å². The molecule has 0 saturated heterocycles. The zero-order valence-electron chi connectivity index (χ0n) is 15.7. The molecule has 0 fully saturated rings. The van der Waals surface area contributed by atoms with Crippen LogP contribution in [0.1, 0.15) is 12.0 Å². The number of fused-ring (bicyclic) bond motifs is 3. The van der Waals surface area contributed by atoms with E-state index in [1.54, 1.807) is 31.4 Å². The van der Waals surface area contributed by atoms with Crippen LogP contribution >= 0.6 is 0 Å². The number of hydrogen-bond acceptors (Lipinski definition) is 4. The number of H-pyrrole nitrogens is 1. The van der Waals surface area contributed by atoms with Gasteiger partial charge in [-0.15, -0.1) is 0 Å². The van der Waals surface area contributed by atoms with E-state index in [1.165, 1.54) is 10.9 Å². The molecule has 0 aliphatic rings. The minimum atomic E-state index is -0.187. The topological polar surface area (TPSA) is 89.0 Å². The fraction of sp³-hybridized carbons (Fsp3) is 0.190. The summed E-state index contributed by atoms with van der Waals surface area (Å²) in [5.74, 6) is 0.477. The normalized spacial score (nSPS) is 11.1. The van der Waals surface area contributed by atoms with E-state index in [1.807, 2.05) is 25.1 Å². The largest absolute Gasteiger partial charge is 0.497 e. The number of nitrogens with one attached hydrogen (secondary N) is 2. The fourth-order valence-electron chi connectivity index (χ4n) is 3.21. The van der Waals surface area contributed by atoms with Crippen LogP contribution in [0.5, 0.6) is 5.75 Å². The summed E-state index contributed by atoms with van der Waals surface area (Å²) in [6.45, 7) is 2.24. The Morgan fingerprint density at radius 2 is 2.11 bits per heavy atom. The van der Waals surface area contributed by atoms with Crippen LogP contribution in [0.2, 0.25) is 0 Å². The lowest BCUT2D eigenvalue weighted by molar-refractivity contribution is -0.116. The molecule has 0 aliphatic carbocycles. The van der Waals surface area contributed by atoms with E-state index >= 15 is 0 Å². The summed E-state index contributed by atoms with van der Waals surface area (Å²) in [5, 5.41) is 3.73. The molecule has 7 nitrogen and oxygen atoms in total. The van der Waals surface area contributed by atoms with Crippen molar-refractivity contribution >= 4 is 33.5 Å². The first-order valence-electron chi connectivity index (χ1n) is 8.96. The average molecular weight is 376 g/mol. The molecule has 4 aromatic rings. The number of benzene rings is 2. The van der Waals surface area contributed by atoms with Crippen molar-refractivity contribution < 1.29 is 9.53 Å². The predicted molar refractivity (Wildman–Crippen MR) is 109 cm³/mol. The maximum absolute atomic E-state index is 12.8. The SMILES string of the molecule is COc1cccc(NC(=O)CCn2cnc3c([nH]c4ccc(C)cc43)c2=O)c1. The van der Waals surface area contributed by atoms with Crippen molar-refractivity contribution in [3.8, 4) is 5.75 Å². The standard InChI is InChI=1S/C21H20N4O3/c1-13-6-7-17-16(10-13)19-20(24-17)21(27)25(12-22-19)9-8-18(26)23-14-4-3-5-15(11-14)28-2/h3-7,10-12,24H,8-9H2,1-2H3,(H,23,26). The lowest BCUT2D eigenvalue weighted by Gasteiger charge is -2.08. The van der Waals surface area contributed by atoms with Gasteiger partial charge in [0.1, 0.15) is 16.8 Å². The van der Waals surface area contributed by atoms with Gasteiger partial charge in [0.25, 0.3) is 5.56 Å². The lowest BCUT2D eigenvalue weighted by atomic mass is 10.2. The molecule has 0 saturated carbocycles. The first-order chi connectivity index (χ1) is 13.5. The maximum atomic E-state index is 12.8. The third-order valence-corrected chi connectivity index (χ3v) is 4.66. The molecular formula is C21H20N4O3. The molecule has 0 unspecified atom stereocenters. The molecule has 142 valence electrons. The van der Waals surface area contributed by atoms with Gasteiger partial charge in [0.15, 0.2) is 0 Å². The summed E-state index contributed by atoms with van der Waals surface area (Å²) in [5.41, 5.74) is 3.55. The zero-order valence-corrected chi connectivity index (χ0v) is 15.7. The van der Waals surface area contributed by atoms with Crippen molar-refractivity contribution in [1.82, 2.24) is 14.5 Å². The number of hydrogen-bond donors (Lipinski definition) is 2. The van der Waals surface area contributed by atoms with Crippen LogP contribution in [0, 0.1) is 6.92 Å². The quantitative estimate of drug-likeness (QED) is 0.560. The molecule has 2 aromatic carbocycles. The van der Waals surface area contributed by atoms with E-state index in [4.69, 9.17) is 4.74 Å². The van der Waals surface area contributed by atoms with Gasteiger partial charge in [0, 0.05) is 35.6 Å². The van der Waals surface area contributed by atoms with Gasteiger partial charge in [0.05, 0.1) is 13.4 Å². The number of carbonyl (C=O) groups excluding carboxylic acids is 1. The van der Waals surface area contributed by atoms with E-state index in [9.17, 15) is 9.59 Å². The van der Waals surface area contributed by atoms with Gasteiger partial charge in [-0.05, 0) is 31.2 Å². The van der Waals surface area contributed by atoms with Crippen LogP contribution in [0.15, 0.2) is 53.6 Å². The lowest BCUT2D eigenvalue weighted by Crippen LogP contribution is -2.23. The highest BCUT2D eigenvalue weighted by Crippen LogP contribution is 2.22. The maximum Gasteiger partial charge on any atom is 0.277 e. The minimum absolute atomic E-state index is 0.156. The second-order valence-corrected chi connectivity index (χ2v) is 6.67. The van der Waals surface area contributed by atoms with Crippen LogP contribution in [0.3, 0.4) is 0 Å². The third-order valence-electron chi connectivity index (χ3n) is 4.66. The Balaban J connectivity index is 1.53.